The van der Waals surface area contributed by atoms with Gasteiger partial charge in [-0.3, -0.25) is 0 Å². The Morgan fingerprint density at radius 3 is 2.30 bits per heavy atom. The molecule has 23 heavy (non-hydrogen) atoms. The van der Waals surface area contributed by atoms with Crippen molar-refractivity contribution in [1.82, 2.24) is 10.2 Å². The van der Waals surface area contributed by atoms with Gasteiger partial charge in [-0.15, -0.1) is 0 Å². The predicted octanol–water partition coefficient (Wildman–Crippen LogP) is 3.46. The summed E-state index contributed by atoms with van der Waals surface area (Å²) in [6, 6.07) is 0.182. The third-order valence-electron chi connectivity index (χ3n) is 4.91. The summed E-state index contributed by atoms with van der Waals surface area (Å²) in [6.45, 7) is 6.88. The second kappa shape index (κ2) is 7.41. The van der Waals surface area contributed by atoms with Crippen LogP contribution in [-0.4, -0.2) is 46.9 Å². The molecule has 1 heterocycles. The van der Waals surface area contributed by atoms with E-state index in [1.54, 1.807) is 0 Å². The van der Waals surface area contributed by atoms with Gasteiger partial charge in [0.25, 0.3) is 0 Å². The minimum absolute atomic E-state index is 0.182. The third kappa shape index (κ3) is 5.59. The number of hydrogen-bond donors (Lipinski definition) is 2. The molecular weight excluding hydrogens is 296 g/mol. The fourth-order valence-electron chi connectivity index (χ4n) is 3.82. The Labute approximate surface area is 138 Å². The summed E-state index contributed by atoms with van der Waals surface area (Å²) < 4.78 is 5.34. The van der Waals surface area contributed by atoms with E-state index in [4.69, 9.17) is 9.84 Å². The summed E-state index contributed by atoms with van der Waals surface area (Å²) in [5.41, 5.74) is -0.470. The van der Waals surface area contributed by atoms with Crippen molar-refractivity contribution in [2.45, 2.75) is 70.9 Å². The first kappa shape index (κ1) is 17.9. The predicted molar refractivity (Wildman–Crippen MR) is 87.4 cm³/mol. The van der Waals surface area contributed by atoms with Crippen LogP contribution in [0.15, 0.2) is 0 Å². The number of nitrogens with one attached hydrogen (secondary N) is 1. The van der Waals surface area contributed by atoms with Crippen molar-refractivity contribution in [3.8, 4) is 0 Å². The third-order valence-corrected chi connectivity index (χ3v) is 4.91. The van der Waals surface area contributed by atoms with Crippen LogP contribution in [0.3, 0.4) is 0 Å². The first-order valence-electron chi connectivity index (χ1n) is 8.72. The molecule has 0 spiro atoms. The van der Waals surface area contributed by atoms with Gasteiger partial charge < -0.3 is 20.1 Å². The number of likely N-dealkylation sites (tertiary alicyclic amines) is 1. The van der Waals surface area contributed by atoms with Gasteiger partial charge in [0, 0.05) is 19.1 Å². The number of piperidine rings is 1. The van der Waals surface area contributed by atoms with Gasteiger partial charge in [-0.1, -0.05) is 12.8 Å². The largest absolute Gasteiger partial charge is 0.465 e. The van der Waals surface area contributed by atoms with E-state index in [9.17, 15) is 9.59 Å². The van der Waals surface area contributed by atoms with Crippen LogP contribution in [0.5, 0.6) is 0 Å². The van der Waals surface area contributed by atoms with Gasteiger partial charge in [0.15, 0.2) is 0 Å². The fraction of sp³-hybridized carbons (Fsp3) is 0.882. The number of ether oxygens (including phenoxy) is 1. The quantitative estimate of drug-likeness (QED) is 0.814. The van der Waals surface area contributed by atoms with Crippen molar-refractivity contribution in [3.05, 3.63) is 0 Å². The van der Waals surface area contributed by atoms with Crippen LogP contribution in [0.1, 0.15) is 59.3 Å². The molecule has 2 fully saturated rings. The van der Waals surface area contributed by atoms with Crippen LogP contribution in [0.25, 0.3) is 0 Å². The van der Waals surface area contributed by atoms with Gasteiger partial charge >= 0.3 is 12.2 Å². The maximum Gasteiger partial charge on any atom is 0.407 e. The van der Waals surface area contributed by atoms with Crippen molar-refractivity contribution in [1.29, 1.82) is 0 Å². The van der Waals surface area contributed by atoms with Crippen LogP contribution in [0, 0.1) is 11.8 Å². The summed E-state index contributed by atoms with van der Waals surface area (Å²) >= 11 is 0. The van der Waals surface area contributed by atoms with Crippen molar-refractivity contribution in [3.63, 3.8) is 0 Å². The summed E-state index contributed by atoms with van der Waals surface area (Å²) in [5, 5.41) is 12.0. The molecule has 0 aromatic heterocycles. The molecule has 2 amide bonds. The second-order valence-electron chi connectivity index (χ2n) is 7.88. The molecule has 2 rings (SSSR count). The van der Waals surface area contributed by atoms with Crippen LogP contribution in [-0.2, 0) is 4.74 Å². The number of rotatable bonds is 2. The number of amides is 2. The number of carbonyl (C=O) groups is 2. The lowest BCUT2D eigenvalue weighted by atomic mass is 9.74. The molecular formula is C17H30N2O4. The van der Waals surface area contributed by atoms with Gasteiger partial charge in [-0.05, 0) is 58.3 Å². The highest BCUT2D eigenvalue weighted by atomic mass is 16.6. The molecule has 132 valence electrons. The standard InChI is InChI=1S/C17H30N2O4/c1-17(2,3)23-15(20)18-14-6-4-5-13(11-14)12-7-9-19(10-8-12)16(21)22/h12-14H,4-11H2,1-3H3,(H,18,20)(H,21,22). The molecule has 0 aromatic rings. The average molecular weight is 326 g/mol. The normalized spacial score (nSPS) is 26.7. The minimum atomic E-state index is -0.809. The SMILES string of the molecule is CC(C)(C)OC(=O)NC1CCCC(C2CCN(C(=O)O)CC2)C1. The molecule has 1 aliphatic heterocycles. The Balaban J connectivity index is 1.80. The van der Waals surface area contributed by atoms with E-state index in [1.807, 2.05) is 20.8 Å². The highest BCUT2D eigenvalue weighted by Crippen LogP contribution is 2.35. The summed E-state index contributed by atoms with van der Waals surface area (Å²) in [6.07, 6.45) is 5.03. The van der Waals surface area contributed by atoms with Crippen molar-refractivity contribution < 1.29 is 19.4 Å². The van der Waals surface area contributed by atoms with Crippen LogP contribution >= 0.6 is 0 Å². The van der Waals surface area contributed by atoms with Gasteiger partial charge in [-0.25, -0.2) is 9.59 Å². The lowest BCUT2D eigenvalue weighted by molar-refractivity contribution is 0.0463. The molecule has 2 unspecified atom stereocenters. The number of nitrogens with zero attached hydrogens (tertiary/aromatic N) is 1. The Morgan fingerprint density at radius 1 is 1.09 bits per heavy atom. The zero-order chi connectivity index (χ0) is 17.0. The van der Waals surface area contributed by atoms with E-state index in [-0.39, 0.29) is 12.1 Å². The second-order valence-corrected chi connectivity index (χ2v) is 7.88. The number of alkyl carbamates (subject to hydrolysis) is 1. The molecule has 6 heteroatoms. The highest BCUT2D eigenvalue weighted by Gasteiger charge is 2.33. The van der Waals surface area contributed by atoms with Gasteiger partial charge in [-0.2, -0.15) is 0 Å². The van der Waals surface area contributed by atoms with Gasteiger partial charge in [0.05, 0.1) is 0 Å². The maximum absolute atomic E-state index is 11.9. The van der Waals surface area contributed by atoms with E-state index < -0.39 is 11.7 Å². The smallest absolute Gasteiger partial charge is 0.407 e. The zero-order valence-corrected chi connectivity index (χ0v) is 14.5. The van der Waals surface area contributed by atoms with Crippen molar-refractivity contribution in [2.75, 3.05) is 13.1 Å². The molecule has 0 radical (unpaired) electrons. The minimum Gasteiger partial charge on any atom is -0.465 e. The van der Waals surface area contributed by atoms with E-state index in [0.29, 0.717) is 24.9 Å². The molecule has 2 aliphatic rings. The Hall–Kier alpha value is -1.46. The first-order valence-corrected chi connectivity index (χ1v) is 8.72. The van der Waals surface area contributed by atoms with E-state index in [0.717, 1.165) is 32.1 Å². The molecule has 0 bridgehead atoms. The Bertz CT molecular complexity index is 425. The topological polar surface area (TPSA) is 78.9 Å². The summed E-state index contributed by atoms with van der Waals surface area (Å²) in [5.74, 6) is 1.16. The van der Waals surface area contributed by atoms with E-state index >= 15 is 0 Å². The average Bonchev–Trinajstić information content (AvgIpc) is 2.45. The molecule has 6 nitrogen and oxygen atoms in total. The molecule has 2 atom stereocenters. The highest BCUT2D eigenvalue weighted by molar-refractivity contribution is 5.68. The summed E-state index contributed by atoms with van der Waals surface area (Å²) in [7, 11) is 0. The monoisotopic (exact) mass is 326 g/mol. The number of carboxylic acid groups (broad SMARTS) is 1. The Kier molecular flexibility index (Phi) is 5.76. The number of hydrogen-bond acceptors (Lipinski definition) is 3. The van der Waals surface area contributed by atoms with Gasteiger partial charge in [0.1, 0.15) is 5.60 Å². The molecule has 1 saturated heterocycles. The van der Waals surface area contributed by atoms with Crippen LogP contribution in [0.4, 0.5) is 9.59 Å². The van der Waals surface area contributed by atoms with Crippen molar-refractivity contribution in [2.24, 2.45) is 11.8 Å². The molecule has 0 aromatic carbocycles. The maximum atomic E-state index is 11.9. The van der Waals surface area contributed by atoms with Crippen molar-refractivity contribution >= 4 is 12.2 Å². The summed E-state index contributed by atoms with van der Waals surface area (Å²) in [4.78, 5) is 24.4. The van der Waals surface area contributed by atoms with Crippen LogP contribution < -0.4 is 5.32 Å². The Morgan fingerprint density at radius 2 is 1.74 bits per heavy atom. The fourth-order valence-corrected chi connectivity index (χ4v) is 3.82. The molecule has 2 N–H and O–H groups in total. The lowest BCUT2D eigenvalue weighted by Gasteiger charge is -2.39. The van der Waals surface area contributed by atoms with E-state index in [2.05, 4.69) is 5.32 Å². The zero-order valence-electron chi connectivity index (χ0n) is 14.5. The van der Waals surface area contributed by atoms with Crippen LogP contribution in [0.2, 0.25) is 0 Å². The number of carbonyl (C=O) groups excluding carboxylic acids is 1. The molecule has 1 aliphatic carbocycles. The lowest BCUT2D eigenvalue weighted by Crippen LogP contribution is -2.44. The molecule has 1 saturated carbocycles. The van der Waals surface area contributed by atoms with Gasteiger partial charge in [0.2, 0.25) is 0 Å². The first-order chi connectivity index (χ1) is 10.7. The van der Waals surface area contributed by atoms with E-state index in [1.165, 1.54) is 11.3 Å².